The van der Waals surface area contributed by atoms with Gasteiger partial charge in [0.2, 0.25) is 5.91 Å². The van der Waals surface area contributed by atoms with Crippen molar-refractivity contribution < 1.29 is 22.6 Å². The van der Waals surface area contributed by atoms with E-state index in [1.165, 1.54) is 21.3 Å². The first kappa shape index (κ1) is 28.4. The molecule has 3 aromatic carbocycles. The molecule has 0 bridgehead atoms. The van der Waals surface area contributed by atoms with E-state index < -0.39 is 34.6 Å². The standard InChI is InChI=1S/C27H28ClF2N3O3S/c1-32(2)27(35)20-8-6-18(7-9-20)17-33(37(36)24-12-10-21(28)11-13-24)25(26(31)34)5-3-4-19-14-22(29)16-23(30)15-19/h6-16,25H,3-5,17H2,1-2H3,(H2,31,34). The van der Waals surface area contributed by atoms with Crippen LogP contribution >= 0.6 is 11.6 Å². The number of benzene rings is 3. The molecule has 2 atom stereocenters. The second kappa shape index (κ2) is 12.9. The van der Waals surface area contributed by atoms with Crippen LogP contribution in [0.5, 0.6) is 0 Å². The average Bonchev–Trinajstić information content (AvgIpc) is 2.84. The highest BCUT2D eigenvalue weighted by molar-refractivity contribution is 7.82. The van der Waals surface area contributed by atoms with Crippen LogP contribution in [-0.4, -0.2) is 45.4 Å². The van der Waals surface area contributed by atoms with Crippen LogP contribution in [0.15, 0.2) is 71.6 Å². The van der Waals surface area contributed by atoms with Gasteiger partial charge in [-0.2, -0.15) is 0 Å². The summed E-state index contributed by atoms with van der Waals surface area (Å²) >= 11 is 5.98. The second-order valence-electron chi connectivity index (χ2n) is 8.76. The summed E-state index contributed by atoms with van der Waals surface area (Å²) in [4.78, 5) is 26.7. The molecule has 0 aliphatic carbocycles. The summed E-state index contributed by atoms with van der Waals surface area (Å²) in [5, 5.41) is 0.474. The molecule has 3 aromatic rings. The van der Waals surface area contributed by atoms with Gasteiger partial charge in [-0.05, 0) is 78.9 Å². The maximum atomic E-state index is 13.6. The number of carbonyl (C=O) groups excluding carboxylic acids is 2. The maximum absolute atomic E-state index is 13.6. The molecule has 10 heteroatoms. The zero-order chi connectivity index (χ0) is 27.1. The number of halogens is 3. The molecule has 196 valence electrons. The van der Waals surface area contributed by atoms with Crippen molar-refractivity contribution in [1.29, 1.82) is 0 Å². The minimum absolute atomic E-state index is 0.105. The van der Waals surface area contributed by atoms with E-state index in [-0.39, 0.29) is 18.9 Å². The average molecular weight is 548 g/mol. The number of hydrogen-bond acceptors (Lipinski definition) is 3. The largest absolute Gasteiger partial charge is 0.368 e. The number of carbonyl (C=O) groups is 2. The van der Waals surface area contributed by atoms with Crippen LogP contribution in [0, 0.1) is 11.6 Å². The summed E-state index contributed by atoms with van der Waals surface area (Å²) in [5.41, 5.74) is 7.41. The smallest absolute Gasteiger partial charge is 0.253 e. The van der Waals surface area contributed by atoms with Crippen LogP contribution < -0.4 is 5.73 Å². The van der Waals surface area contributed by atoms with E-state index in [1.807, 2.05) is 0 Å². The van der Waals surface area contributed by atoms with Crippen LogP contribution in [0.3, 0.4) is 0 Å². The van der Waals surface area contributed by atoms with Crippen LogP contribution in [0.1, 0.15) is 34.3 Å². The van der Waals surface area contributed by atoms with Crippen LogP contribution in [-0.2, 0) is 28.7 Å². The topological polar surface area (TPSA) is 83.7 Å². The molecule has 2 N–H and O–H groups in total. The van der Waals surface area contributed by atoms with Crippen molar-refractivity contribution in [3.63, 3.8) is 0 Å². The molecule has 3 rings (SSSR count). The number of nitrogens with zero attached hydrogens (tertiary/aromatic N) is 2. The second-order valence-corrected chi connectivity index (χ2v) is 10.6. The van der Waals surface area contributed by atoms with E-state index in [0.717, 1.165) is 11.6 Å². The van der Waals surface area contributed by atoms with Crippen LogP contribution in [0.4, 0.5) is 8.78 Å². The third kappa shape index (κ3) is 7.92. The molecular formula is C27H28ClF2N3O3S. The highest BCUT2D eigenvalue weighted by Gasteiger charge is 2.29. The fourth-order valence-electron chi connectivity index (χ4n) is 3.84. The number of amides is 2. The Kier molecular flexibility index (Phi) is 9.91. The highest BCUT2D eigenvalue weighted by atomic mass is 35.5. The Morgan fingerprint density at radius 3 is 2.08 bits per heavy atom. The molecule has 6 nitrogen and oxygen atoms in total. The fraction of sp³-hybridized carbons (Fsp3) is 0.259. The van der Waals surface area contributed by atoms with Gasteiger partial charge in [-0.1, -0.05) is 23.7 Å². The van der Waals surface area contributed by atoms with Gasteiger partial charge in [-0.15, -0.1) is 0 Å². The lowest BCUT2D eigenvalue weighted by Crippen LogP contribution is -2.45. The predicted octanol–water partition coefficient (Wildman–Crippen LogP) is 4.72. The molecule has 0 aliphatic heterocycles. The highest BCUT2D eigenvalue weighted by Crippen LogP contribution is 2.23. The summed E-state index contributed by atoms with van der Waals surface area (Å²) in [6.07, 6.45) is 0.895. The summed E-state index contributed by atoms with van der Waals surface area (Å²) < 4.78 is 42.2. The van der Waals surface area contributed by atoms with Gasteiger partial charge in [0, 0.05) is 37.3 Å². The van der Waals surface area contributed by atoms with Crippen molar-refractivity contribution in [3.8, 4) is 0 Å². The van der Waals surface area contributed by atoms with E-state index >= 15 is 0 Å². The van der Waals surface area contributed by atoms with Crippen molar-refractivity contribution in [2.45, 2.75) is 36.7 Å². The van der Waals surface area contributed by atoms with E-state index in [0.29, 0.717) is 33.9 Å². The molecule has 0 heterocycles. The zero-order valence-corrected chi connectivity index (χ0v) is 22.1. The van der Waals surface area contributed by atoms with E-state index in [2.05, 4.69) is 0 Å². The van der Waals surface area contributed by atoms with Gasteiger partial charge in [0.05, 0.1) is 4.90 Å². The Bertz CT molecular complexity index is 1250. The van der Waals surface area contributed by atoms with Crippen molar-refractivity contribution >= 4 is 34.4 Å². The van der Waals surface area contributed by atoms with Gasteiger partial charge >= 0.3 is 0 Å². The minimum atomic E-state index is -1.78. The summed E-state index contributed by atoms with van der Waals surface area (Å²) in [6, 6.07) is 15.6. The van der Waals surface area contributed by atoms with Crippen LogP contribution in [0.25, 0.3) is 0 Å². The van der Waals surface area contributed by atoms with E-state index in [1.54, 1.807) is 62.6 Å². The van der Waals surface area contributed by atoms with Crippen LogP contribution in [0.2, 0.25) is 5.02 Å². The lowest BCUT2D eigenvalue weighted by atomic mass is 10.0. The van der Waals surface area contributed by atoms with Gasteiger partial charge in [-0.3, -0.25) is 9.59 Å². The molecule has 0 aliphatic rings. The van der Waals surface area contributed by atoms with Crippen molar-refractivity contribution in [2.75, 3.05) is 14.1 Å². The van der Waals surface area contributed by atoms with Gasteiger partial charge in [0.25, 0.3) is 5.91 Å². The normalized spacial score (nSPS) is 12.8. The quantitative estimate of drug-likeness (QED) is 0.377. The number of nitrogens with two attached hydrogens (primary N) is 1. The maximum Gasteiger partial charge on any atom is 0.253 e. The van der Waals surface area contributed by atoms with Gasteiger partial charge in [0.15, 0.2) is 0 Å². The Hall–Kier alpha value is -3.14. The van der Waals surface area contributed by atoms with Crippen molar-refractivity contribution in [3.05, 3.63) is 100 Å². The third-order valence-corrected chi connectivity index (χ3v) is 7.45. The Morgan fingerprint density at radius 1 is 0.946 bits per heavy atom. The Morgan fingerprint density at radius 2 is 1.54 bits per heavy atom. The summed E-state index contributed by atoms with van der Waals surface area (Å²) in [7, 11) is 1.53. The number of hydrogen-bond donors (Lipinski definition) is 1. The SMILES string of the molecule is CN(C)C(=O)c1ccc(CN(C(CCCc2cc(F)cc(F)c2)C(N)=O)S(=O)c2ccc(Cl)cc2)cc1. The minimum Gasteiger partial charge on any atom is -0.368 e. The van der Waals surface area contributed by atoms with Crippen molar-refractivity contribution in [2.24, 2.45) is 5.73 Å². The van der Waals surface area contributed by atoms with E-state index in [9.17, 15) is 22.6 Å². The molecule has 2 amide bonds. The molecular weight excluding hydrogens is 520 g/mol. The molecule has 2 unspecified atom stereocenters. The first-order valence-corrected chi connectivity index (χ1v) is 13.0. The number of rotatable bonds is 11. The number of aryl methyl sites for hydroxylation is 1. The number of primary amides is 1. The van der Waals surface area contributed by atoms with E-state index in [4.69, 9.17) is 17.3 Å². The molecule has 0 saturated heterocycles. The van der Waals surface area contributed by atoms with Gasteiger partial charge in [-0.25, -0.2) is 17.3 Å². The molecule has 0 aromatic heterocycles. The zero-order valence-electron chi connectivity index (χ0n) is 20.5. The Labute approximate surface area is 222 Å². The fourth-order valence-corrected chi connectivity index (χ4v) is 5.32. The lowest BCUT2D eigenvalue weighted by Gasteiger charge is -2.28. The molecule has 0 radical (unpaired) electrons. The summed E-state index contributed by atoms with van der Waals surface area (Å²) in [6.45, 7) is 0.105. The summed E-state index contributed by atoms with van der Waals surface area (Å²) in [5.74, 6) is -2.18. The molecule has 0 fully saturated rings. The predicted molar refractivity (Wildman–Crippen MR) is 140 cm³/mol. The molecule has 37 heavy (non-hydrogen) atoms. The first-order chi connectivity index (χ1) is 17.5. The molecule has 0 spiro atoms. The van der Waals surface area contributed by atoms with Crippen molar-refractivity contribution in [1.82, 2.24) is 9.21 Å². The first-order valence-electron chi connectivity index (χ1n) is 11.5. The monoisotopic (exact) mass is 547 g/mol. The third-order valence-electron chi connectivity index (χ3n) is 5.72. The Balaban J connectivity index is 1.86. The van der Waals surface area contributed by atoms with Gasteiger partial charge in [0.1, 0.15) is 28.7 Å². The lowest BCUT2D eigenvalue weighted by molar-refractivity contribution is -0.122. The molecule has 0 saturated carbocycles. The van der Waals surface area contributed by atoms with Gasteiger partial charge < -0.3 is 10.6 Å².